The Hall–Kier alpha value is -1.94. The molecule has 0 saturated heterocycles. The summed E-state index contributed by atoms with van der Waals surface area (Å²) in [5.74, 6) is 1.13. The number of aliphatic hydroxyl groups is 1. The van der Waals surface area contributed by atoms with Crippen LogP contribution in [0.25, 0.3) is 0 Å². The number of aliphatic hydroxyl groups excluding tert-OH is 1. The van der Waals surface area contributed by atoms with Gasteiger partial charge in [0.25, 0.3) is 0 Å². The highest BCUT2D eigenvalue weighted by Gasteiger charge is 2.31. The second kappa shape index (κ2) is 81.4. The van der Waals surface area contributed by atoms with E-state index in [2.05, 4.69) is 55.4 Å². The summed E-state index contributed by atoms with van der Waals surface area (Å²) in [5.41, 5.74) is 0. The van der Waals surface area contributed by atoms with Crippen molar-refractivity contribution < 1.29 is 80.2 Å². The molecule has 0 rings (SSSR count). The molecule has 0 aromatic carbocycles. The number of hydrogen-bond acceptors (Lipinski definition) is 15. The molecular weight excluding hydrogens is 1450 g/mol. The molecule has 0 heterocycles. The second-order valence-corrected chi connectivity index (χ2v) is 37.7. The van der Waals surface area contributed by atoms with Crippen molar-refractivity contribution in [2.24, 2.45) is 23.7 Å². The highest BCUT2D eigenvalue weighted by Crippen LogP contribution is 2.45. The predicted molar refractivity (Wildman–Crippen MR) is 464 cm³/mol. The van der Waals surface area contributed by atoms with E-state index in [4.69, 9.17) is 37.0 Å². The summed E-state index contributed by atoms with van der Waals surface area (Å²) in [6.07, 6.45) is 73.9. The van der Waals surface area contributed by atoms with Gasteiger partial charge in [0.1, 0.15) is 19.3 Å². The predicted octanol–water partition coefficient (Wildman–Crippen LogP) is 28.7. The molecule has 0 radical (unpaired) electrons. The fourth-order valence-corrected chi connectivity index (χ4v) is 16.1. The van der Waals surface area contributed by atoms with E-state index in [1.807, 2.05) is 0 Å². The normalized spacial score (nSPS) is 14.3. The first-order valence-corrected chi connectivity index (χ1v) is 50.8. The highest BCUT2D eigenvalue weighted by atomic mass is 31.2. The third kappa shape index (κ3) is 83.1. The van der Waals surface area contributed by atoms with E-state index >= 15 is 0 Å². The van der Waals surface area contributed by atoms with Crippen molar-refractivity contribution in [2.75, 3.05) is 39.6 Å². The largest absolute Gasteiger partial charge is 0.472 e. The van der Waals surface area contributed by atoms with Gasteiger partial charge in [0.2, 0.25) is 0 Å². The maximum atomic E-state index is 13.2. The van der Waals surface area contributed by atoms with Gasteiger partial charge in [-0.05, 0) is 49.4 Å². The first kappa shape index (κ1) is 110. The van der Waals surface area contributed by atoms with Gasteiger partial charge in [0.15, 0.2) is 12.2 Å². The monoisotopic (exact) mass is 1630 g/mol. The molecule has 7 atom stereocenters. The van der Waals surface area contributed by atoms with E-state index in [9.17, 15) is 43.2 Å². The van der Waals surface area contributed by atoms with Gasteiger partial charge in [-0.3, -0.25) is 37.3 Å². The van der Waals surface area contributed by atoms with Gasteiger partial charge >= 0.3 is 39.5 Å². The quantitative estimate of drug-likeness (QED) is 0.0222. The fourth-order valence-electron chi connectivity index (χ4n) is 14.5. The van der Waals surface area contributed by atoms with Crippen LogP contribution >= 0.6 is 15.6 Å². The van der Waals surface area contributed by atoms with Crippen LogP contribution in [0.3, 0.4) is 0 Å². The lowest BCUT2D eigenvalue weighted by atomic mass is 9.99. The molecule has 17 nitrogen and oxygen atoms in total. The average molecular weight is 1630 g/mol. The number of phosphoric ester groups is 2. The number of ether oxygens (including phenoxy) is 4. The highest BCUT2D eigenvalue weighted by molar-refractivity contribution is 7.47. The van der Waals surface area contributed by atoms with Crippen molar-refractivity contribution in [1.29, 1.82) is 0 Å². The van der Waals surface area contributed by atoms with Gasteiger partial charge in [-0.25, -0.2) is 9.13 Å². The lowest BCUT2D eigenvalue weighted by molar-refractivity contribution is -0.161. The summed E-state index contributed by atoms with van der Waals surface area (Å²) < 4.78 is 69.1. The zero-order valence-electron chi connectivity index (χ0n) is 74.3. The molecule has 0 aliphatic carbocycles. The molecule has 112 heavy (non-hydrogen) atoms. The molecular formula is C93H182O17P2. The molecule has 0 aromatic heterocycles. The summed E-state index contributed by atoms with van der Waals surface area (Å²) in [5, 5.41) is 10.7. The second-order valence-electron chi connectivity index (χ2n) is 34.8. The van der Waals surface area contributed by atoms with Crippen molar-refractivity contribution in [3.8, 4) is 0 Å². The van der Waals surface area contributed by atoms with Crippen molar-refractivity contribution in [3.05, 3.63) is 0 Å². The number of rotatable bonds is 90. The van der Waals surface area contributed by atoms with E-state index in [0.717, 1.165) is 114 Å². The van der Waals surface area contributed by atoms with Gasteiger partial charge in [0, 0.05) is 25.7 Å². The Bertz CT molecular complexity index is 2170. The Kier molecular flexibility index (Phi) is 80.0. The van der Waals surface area contributed by atoms with Gasteiger partial charge < -0.3 is 33.8 Å². The molecule has 19 heteroatoms. The first-order valence-electron chi connectivity index (χ1n) is 47.8. The van der Waals surface area contributed by atoms with E-state index < -0.39 is 97.5 Å². The van der Waals surface area contributed by atoms with Crippen LogP contribution in [0.15, 0.2) is 0 Å². The number of unbranched alkanes of at least 4 members (excludes halogenated alkanes) is 54. The molecule has 0 aromatic rings. The molecule has 0 amide bonds. The van der Waals surface area contributed by atoms with E-state index in [-0.39, 0.29) is 25.7 Å². The van der Waals surface area contributed by atoms with Crippen LogP contribution in [0.4, 0.5) is 0 Å². The van der Waals surface area contributed by atoms with Gasteiger partial charge in [-0.15, -0.1) is 0 Å². The Labute approximate surface area is 689 Å². The molecule has 0 spiro atoms. The van der Waals surface area contributed by atoms with E-state index in [1.54, 1.807) is 0 Å². The van der Waals surface area contributed by atoms with Crippen LogP contribution in [0.1, 0.15) is 492 Å². The molecule has 0 aliphatic heterocycles. The molecule has 666 valence electrons. The Balaban J connectivity index is 5.19. The summed E-state index contributed by atoms with van der Waals surface area (Å²) in [6, 6.07) is 0. The van der Waals surface area contributed by atoms with Crippen molar-refractivity contribution >= 4 is 39.5 Å². The fraction of sp³-hybridized carbons (Fsp3) is 0.957. The smallest absolute Gasteiger partial charge is 0.462 e. The van der Waals surface area contributed by atoms with Gasteiger partial charge in [-0.1, -0.05) is 441 Å². The summed E-state index contributed by atoms with van der Waals surface area (Å²) in [6.45, 7) is 14.4. The lowest BCUT2D eigenvalue weighted by Crippen LogP contribution is -2.30. The number of phosphoric acid groups is 2. The summed E-state index contributed by atoms with van der Waals surface area (Å²) in [4.78, 5) is 73.4. The van der Waals surface area contributed by atoms with Crippen LogP contribution in [0.2, 0.25) is 0 Å². The average Bonchev–Trinajstić information content (AvgIpc) is 0.897. The lowest BCUT2D eigenvalue weighted by Gasteiger charge is -2.21. The molecule has 0 aliphatic rings. The number of carbonyl (C=O) groups excluding carboxylic acids is 4. The Morgan fingerprint density at radius 3 is 0.634 bits per heavy atom. The van der Waals surface area contributed by atoms with Crippen molar-refractivity contribution in [3.63, 3.8) is 0 Å². The third-order valence-electron chi connectivity index (χ3n) is 22.5. The minimum Gasteiger partial charge on any atom is -0.462 e. The van der Waals surface area contributed by atoms with Crippen LogP contribution in [0, 0.1) is 23.7 Å². The maximum Gasteiger partial charge on any atom is 0.472 e. The standard InChI is InChI=1S/C93H182O17P2/c1-9-85(7)71-63-55-46-40-34-28-22-15-11-13-17-25-31-37-43-49-59-67-75-92(97)109-88(79-103-90(95)73-65-57-48-42-36-30-24-20-19-21-27-33-39-45-53-61-69-83(3)4)81-107-111(99,100)105-77-87(94)78-106-112(101,102)108-82-89(80-104-91(96)74-66-58-52-51-54-62-70-84(5)6)110-93(98)76-68-60-50-44-38-32-26-18-14-12-16-23-29-35-41-47-56-64-72-86(8)10-2/h83-89,94H,9-82H2,1-8H3,(H,99,100)(H,101,102)/t85?,86?,87-,88-,89-/m1/s1. The molecule has 0 bridgehead atoms. The molecule has 0 saturated carbocycles. The third-order valence-corrected chi connectivity index (χ3v) is 24.4. The number of esters is 4. The van der Waals surface area contributed by atoms with Gasteiger partial charge in [-0.2, -0.15) is 0 Å². The molecule has 3 N–H and O–H groups in total. The maximum absolute atomic E-state index is 13.2. The van der Waals surface area contributed by atoms with Crippen LogP contribution < -0.4 is 0 Å². The molecule has 4 unspecified atom stereocenters. The minimum atomic E-state index is -4.97. The van der Waals surface area contributed by atoms with E-state index in [1.165, 1.54) is 289 Å². The SMILES string of the molecule is CCC(C)CCCCCCCCCCCCCCCCCCCCC(=O)O[C@H](COC(=O)CCCCCCCCCCCCCCCCCCC(C)C)COP(=O)(O)OC[C@@H](O)COP(=O)(O)OC[C@@H](COC(=O)CCCCCCCCC(C)C)OC(=O)CCCCCCCCCCCCCCCCCCCCC(C)CC. The van der Waals surface area contributed by atoms with Crippen LogP contribution in [0.5, 0.6) is 0 Å². The number of carbonyl (C=O) groups is 4. The van der Waals surface area contributed by atoms with Gasteiger partial charge in [0.05, 0.1) is 26.4 Å². The summed E-state index contributed by atoms with van der Waals surface area (Å²) in [7, 11) is -9.94. The topological polar surface area (TPSA) is 237 Å². The summed E-state index contributed by atoms with van der Waals surface area (Å²) >= 11 is 0. The zero-order chi connectivity index (χ0) is 82.3. The number of hydrogen-bond donors (Lipinski definition) is 3. The zero-order valence-corrected chi connectivity index (χ0v) is 76.1. The first-order chi connectivity index (χ1) is 54.2. The Morgan fingerprint density at radius 1 is 0.250 bits per heavy atom. The van der Waals surface area contributed by atoms with Crippen molar-refractivity contribution in [1.82, 2.24) is 0 Å². The molecule has 0 fully saturated rings. The van der Waals surface area contributed by atoms with Crippen LogP contribution in [-0.4, -0.2) is 96.7 Å². The van der Waals surface area contributed by atoms with E-state index in [0.29, 0.717) is 31.6 Å². The Morgan fingerprint density at radius 2 is 0.429 bits per heavy atom. The van der Waals surface area contributed by atoms with Crippen molar-refractivity contribution in [2.45, 2.75) is 510 Å². The van der Waals surface area contributed by atoms with Crippen LogP contribution in [-0.2, 0) is 65.4 Å². The minimum absolute atomic E-state index is 0.107.